The first-order valence-electron chi connectivity index (χ1n) is 16.2. The molecule has 0 atom stereocenters. The summed E-state index contributed by atoms with van der Waals surface area (Å²) in [7, 11) is 4.03. The summed E-state index contributed by atoms with van der Waals surface area (Å²) in [5, 5.41) is 4.51. The lowest BCUT2D eigenvalue weighted by molar-refractivity contribution is 0.772. The van der Waals surface area contributed by atoms with Crippen molar-refractivity contribution in [2.45, 2.75) is 13.1 Å². The molecule has 6 heterocycles. The third-order valence-corrected chi connectivity index (χ3v) is 10.2. The first kappa shape index (κ1) is 30.4. The second kappa shape index (κ2) is 11.4. The molecule has 0 saturated heterocycles. The Morgan fingerprint density at radius 2 is 0.980 bits per heavy atom. The normalized spacial score (nSPS) is 13.0. The van der Waals surface area contributed by atoms with E-state index >= 15 is 0 Å². The Balaban J connectivity index is 0.000000135. The van der Waals surface area contributed by atoms with E-state index in [-0.39, 0.29) is 11.1 Å². The molecule has 0 spiro atoms. The third-order valence-electron chi connectivity index (χ3n) is 9.69. The number of aromatic nitrogens is 6. The van der Waals surface area contributed by atoms with Crippen molar-refractivity contribution in [3.63, 3.8) is 0 Å². The van der Waals surface area contributed by atoms with Crippen LogP contribution in [0, 0.1) is 0 Å². The fourth-order valence-corrected chi connectivity index (χ4v) is 7.71. The molecule has 0 amide bonds. The van der Waals surface area contributed by atoms with Gasteiger partial charge in [0.2, 0.25) is 0 Å². The molecule has 0 saturated carbocycles. The maximum Gasteiger partial charge on any atom is 0.262 e. The number of rotatable bonds is 0. The highest BCUT2D eigenvalue weighted by Crippen LogP contribution is 2.36. The van der Waals surface area contributed by atoms with Crippen molar-refractivity contribution >= 4 is 79.0 Å². The maximum absolute atomic E-state index is 13.0. The van der Waals surface area contributed by atoms with Gasteiger partial charge in [0.15, 0.2) is 11.6 Å². The summed E-state index contributed by atoms with van der Waals surface area (Å²) in [6.07, 6.45) is 8.20. The molecule has 244 valence electrons. The number of hydrogen-bond donors (Lipinski definition) is 0. The first-order valence-corrected chi connectivity index (χ1v) is 16.9. The van der Waals surface area contributed by atoms with Gasteiger partial charge in [-0.25, -0.2) is 9.97 Å². The van der Waals surface area contributed by atoms with Gasteiger partial charge in [-0.3, -0.25) is 18.7 Å². The molecule has 0 aliphatic carbocycles. The van der Waals surface area contributed by atoms with Crippen molar-refractivity contribution in [1.82, 2.24) is 28.2 Å². The minimum atomic E-state index is -0.0646. The Hall–Kier alpha value is -5.70. The van der Waals surface area contributed by atoms with Crippen LogP contribution in [0.25, 0.3) is 78.8 Å². The summed E-state index contributed by atoms with van der Waals surface area (Å²) >= 11 is 12.1. The number of para-hydroxylation sites is 2. The Morgan fingerprint density at radius 1 is 0.560 bits per heavy atom. The molecule has 0 N–H and O–H groups in total. The van der Waals surface area contributed by atoms with E-state index < -0.39 is 0 Å². The van der Waals surface area contributed by atoms with Crippen LogP contribution in [-0.2, 0) is 27.2 Å². The summed E-state index contributed by atoms with van der Waals surface area (Å²) in [4.78, 5) is 35.7. The monoisotopic (exact) mass is 694 g/mol. The number of halogens is 2. The quantitative estimate of drug-likeness (QED) is 0.160. The van der Waals surface area contributed by atoms with Crippen molar-refractivity contribution < 1.29 is 0 Å². The summed E-state index contributed by atoms with van der Waals surface area (Å²) in [6.45, 7) is 0.985. The van der Waals surface area contributed by atoms with E-state index in [2.05, 4.69) is 45.6 Å². The van der Waals surface area contributed by atoms with Crippen LogP contribution in [0.1, 0.15) is 11.1 Å². The molecule has 0 bridgehead atoms. The van der Waals surface area contributed by atoms with Gasteiger partial charge in [0.1, 0.15) is 0 Å². The number of aryl methyl sites for hydroxylation is 2. The summed E-state index contributed by atoms with van der Waals surface area (Å²) < 4.78 is 7.67. The van der Waals surface area contributed by atoms with Crippen LogP contribution < -0.4 is 11.1 Å². The van der Waals surface area contributed by atoms with Crippen LogP contribution in [0.3, 0.4) is 0 Å². The fourth-order valence-electron chi connectivity index (χ4n) is 7.36. The van der Waals surface area contributed by atoms with E-state index in [1.807, 2.05) is 50.5 Å². The van der Waals surface area contributed by atoms with Crippen LogP contribution in [-0.4, -0.2) is 28.2 Å². The topological polar surface area (TPSA) is 79.6 Å². The minimum absolute atomic E-state index is 0.0646. The Labute approximate surface area is 295 Å². The zero-order valence-electron chi connectivity index (χ0n) is 27.1. The van der Waals surface area contributed by atoms with E-state index in [9.17, 15) is 9.59 Å². The van der Waals surface area contributed by atoms with Gasteiger partial charge in [-0.2, -0.15) is 0 Å². The van der Waals surface area contributed by atoms with Crippen molar-refractivity contribution in [3.8, 4) is 23.0 Å². The molecule has 0 radical (unpaired) electrons. The third kappa shape index (κ3) is 4.52. The summed E-state index contributed by atoms with van der Waals surface area (Å²) in [5.74, 6) is 1.39. The highest BCUT2D eigenvalue weighted by atomic mass is 35.5. The molecule has 2 aliphatic heterocycles. The van der Waals surface area contributed by atoms with Crippen molar-refractivity contribution in [2.75, 3.05) is 0 Å². The van der Waals surface area contributed by atoms with Gasteiger partial charge in [-0.15, -0.1) is 0 Å². The van der Waals surface area contributed by atoms with Gasteiger partial charge in [0.25, 0.3) is 11.1 Å². The molecule has 2 aliphatic rings. The molecule has 4 aromatic carbocycles. The molecule has 10 heteroatoms. The summed E-state index contributed by atoms with van der Waals surface area (Å²) in [5.41, 5.74) is 7.57. The first-order chi connectivity index (χ1) is 24.3. The van der Waals surface area contributed by atoms with Crippen LogP contribution in [0.2, 0.25) is 10.0 Å². The number of benzene rings is 4. The highest BCUT2D eigenvalue weighted by molar-refractivity contribution is 6.31. The number of allylic oxidation sites excluding steroid dienone is 2. The second-order valence-electron chi connectivity index (χ2n) is 12.5. The van der Waals surface area contributed by atoms with Crippen LogP contribution in [0.4, 0.5) is 0 Å². The van der Waals surface area contributed by atoms with E-state index in [0.717, 1.165) is 44.3 Å². The lowest BCUT2D eigenvalue weighted by Gasteiger charge is -2.12. The molecule has 10 rings (SSSR count). The van der Waals surface area contributed by atoms with Gasteiger partial charge in [-0.05, 0) is 48.5 Å². The molecular formula is C40H28Cl2N6O2. The average Bonchev–Trinajstić information content (AvgIpc) is 3.36. The van der Waals surface area contributed by atoms with Gasteiger partial charge in [0, 0.05) is 70.2 Å². The van der Waals surface area contributed by atoms with Crippen LogP contribution in [0.15, 0.2) is 107 Å². The van der Waals surface area contributed by atoms with Gasteiger partial charge >= 0.3 is 0 Å². The predicted octanol–water partition coefficient (Wildman–Crippen LogP) is 8.47. The second-order valence-corrected chi connectivity index (χ2v) is 13.4. The van der Waals surface area contributed by atoms with Crippen molar-refractivity contribution in [2.24, 2.45) is 14.1 Å². The zero-order chi connectivity index (χ0) is 34.3. The standard InChI is InChI=1S/2C20H14ClN3O/c2*1-23-17-7-3-2-5-13(17)14-6-4-10-24-19(18(14)23)22-16-9-8-12(21)11-15(16)20(24)25/h2*2-9,11H,10H2,1H3. The molecule has 8 aromatic rings. The van der Waals surface area contributed by atoms with E-state index in [4.69, 9.17) is 33.2 Å². The summed E-state index contributed by atoms with van der Waals surface area (Å²) in [6, 6.07) is 27.0. The molecular weight excluding hydrogens is 667 g/mol. The predicted molar refractivity (Wildman–Crippen MR) is 204 cm³/mol. The number of fused-ring (bicyclic) bond motifs is 12. The van der Waals surface area contributed by atoms with Crippen LogP contribution >= 0.6 is 23.2 Å². The highest BCUT2D eigenvalue weighted by Gasteiger charge is 2.24. The van der Waals surface area contributed by atoms with E-state index in [1.54, 1.807) is 45.5 Å². The smallest absolute Gasteiger partial charge is 0.262 e. The van der Waals surface area contributed by atoms with Gasteiger partial charge in [-0.1, -0.05) is 83.9 Å². The number of nitrogens with zero attached hydrogens (tertiary/aromatic N) is 6. The lowest BCUT2D eigenvalue weighted by Crippen LogP contribution is -2.23. The van der Waals surface area contributed by atoms with Crippen molar-refractivity contribution in [1.29, 1.82) is 0 Å². The molecule has 0 fully saturated rings. The Kier molecular flexibility index (Phi) is 6.95. The lowest BCUT2D eigenvalue weighted by atomic mass is 10.1. The van der Waals surface area contributed by atoms with Crippen molar-refractivity contribution in [3.05, 3.63) is 139 Å². The maximum atomic E-state index is 13.0. The number of hydrogen-bond acceptors (Lipinski definition) is 4. The average molecular weight is 696 g/mol. The zero-order valence-corrected chi connectivity index (χ0v) is 28.6. The Bertz CT molecular complexity index is 2730. The van der Waals surface area contributed by atoms with E-state index in [1.165, 1.54) is 0 Å². The molecule has 4 aromatic heterocycles. The van der Waals surface area contributed by atoms with Crippen LogP contribution in [0.5, 0.6) is 0 Å². The van der Waals surface area contributed by atoms with Gasteiger partial charge < -0.3 is 9.13 Å². The van der Waals surface area contributed by atoms with Gasteiger partial charge in [0.05, 0.1) is 33.2 Å². The molecule has 0 unspecified atom stereocenters. The SMILES string of the molecule is Cn1c2c(c3ccccc31)C=CCn1c-2nc2ccc(Cl)cc2c1=O.Cn1c2c(c3ccccc31)C=CCn1c-2nc2ccc(Cl)cc2c1=O. The Morgan fingerprint density at radius 3 is 1.42 bits per heavy atom. The minimum Gasteiger partial charge on any atom is -0.341 e. The molecule has 8 nitrogen and oxygen atoms in total. The largest absolute Gasteiger partial charge is 0.341 e. The fraction of sp³-hybridized carbons (Fsp3) is 0.100. The van der Waals surface area contributed by atoms with E-state index in [0.29, 0.717) is 56.6 Å². The molecule has 50 heavy (non-hydrogen) atoms.